The molecular weight excluding hydrogens is 358 g/mol. The lowest BCUT2D eigenvalue weighted by Gasteiger charge is -2.06. The Morgan fingerprint density at radius 1 is 1.23 bits per heavy atom. The first-order valence-corrected chi connectivity index (χ1v) is 8.59. The van der Waals surface area contributed by atoms with Crippen LogP contribution in [-0.4, -0.2) is 45.1 Å². The third-order valence-corrected chi connectivity index (χ3v) is 4.25. The maximum atomic E-state index is 12.0. The average Bonchev–Trinajstić information content (AvgIpc) is 3.32. The van der Waals surface area contributed by atoms with Gasteiger partial charge in [-0.05, 0) is 17.9 Å². The summed E-state index contributed by atoms with van der Waals surface area (Å²) in [6.45, 7) is 0.657. The van der Waals surface area contributed by atoms with Crippen molar-refractivity contribution < 1.29 is 19.2 Å². The van der Waals surface area contributed by atoms with Gasteiger partial charge in [-0.3, -0.25) is 9.59 Å². The van der Waals surface area contributed by atoms with E-state index in [2.05, 4.69) is 25.8 Å². The van der Waals surface area contributed by atoms with Crippen molar-refractivity contribution in [2.75, 3.05) is 13.1 Å². The normalized spacial score (nSPS) is 10.5. The summed E-state index contributed by atoms with van der Waals surface area (Å²) in [5.41, 5.74) is 0.198. The molecule has 26 heavy (non-hydrogen) atoms. The number of carbonyl (C=O) groups excluding carboxylic acids is 2. The number of aromatic nitrogens is 3. The van der Waals surface area contributed by atoms with Crippen molar-refractivity contribution in [2.24, 2.45) is 0 Å². The smallest absolute Gasteiger partial charge is 0.273 e. The molecule has 134 valence electrons. The molecule has 0 spiro atoms. The van der Waals surface area contributed by atoms with Crippen LogP contribution in [0, 0.1) is 0 Å². The zero-order valence-electron chi connectivity index (χ0n) is 13.5. The minimum atomic E-state index is -0.480. The molecule has 3 aromatic heterocycles. The van der Waals surface area contributed by atoms with Crippen LogP contribution >= 0.6 is 11.3 Å². The van der Waals surface area contributed by atoms with E-state index >= 15 is 0 Å². The van der Waals surface area contributed by atoms with E-state index in [1.165, 1.54) is 17.5 Å². The van der Waals surface area contributed by atoms with Crippen molar-refractivity contribution in [3.63, 3.8) is 0 Å². The number of amides is 2. The van der Waals surface area contributed by atoms with Crippen LogP contribution in [0.3, 0.4) is 0 Å². The summed E-state index contributed by atoms with van der Waals surface area (Å²) in [4.78, 5) is 32.0. The highest BCUT2D eigenvalue weighted by molar-refractivity contribution is 7.13. The average molecular weight is 373 g/mol. The molecule has 9 nitrogen and oxygen atoms in total. The molecule has 3 rings (SSSR count). The molecule has 0 saturated heterocycles. The van der Waals surface area contributed by atoms with Crippen molar-refractivity contribution >= 4 is 23.2 Å². The number of hydrogen-bond donors (Lipinski definition) is 3. The lowest BCUT2D eigenvalue weighted by molar-refractivity contribution is 0.0944. The maximum Gasteiger partial charge on any atom is 0.273 e. The second-order valence-corrected chi connectivity index (χ2v) is 6.13. The highest BCUT2D eigenvalue weighted by atomic mass is 32.1. The van der Waals surface area contributed by atoms with E-state index < -0.39 is 5.91 Å². The number of carbonyl (C=O) groups is 2. The second-order valence-electron chi connectivity index (χ2n) is 5.18. The summed E-state index contributed by atoms with van der Waals surface area (Å²) in [5.74, 6) is -0.663. The molecule has 10 heteroatoms. The van der Waals surface area contributed by atoms with Crippen LogP contribution in [0.15, 0.2) is 40.6 Å². The lowest BCUT2D eigenvalue weighted by atomic mass is 10.3. The van der Waals surface area contributed by atoms with Crippen molar-refractivity contribution in [3.8, 4) is 16.5 Å². The van der Waals surface area contributed by atoms with Crippen LogP contribution < -0.4 is 10.6 Å². The summed E-state index contributed by atoms with van der Waals surface area (Å²) >= 11 is 1.49. The number of aromatic hydroxyl groups is 1. The molecule has 0 atom stereocenters. The van der Waals surface area contributed by atoms with Gasteiger partial charge in [0.25, 0.3) is 11.8 Å². The summed E-state index contributed by atoms with van der Waals surface area (Å²) in [5, 5.41) is 20.4. The fourth-order valence-corrected chi connectivity index (χ4v) is 2.75. The van der Waals surface area contributed by atoms with E-state index in [1.807, 2.05) is 17.5 Å². The van der Waals surface area contributed by atoms with Gasteiger partial charge in [-0.1, -0.05) is 11.2 Å². The monoisotopic (exact) mass is 373 g/mol. The molecule has 0 radical (unpaired) electrons. The molecule has 0 aliphatic carbocycles. The highest BCUT2D eigenvalue weighted by Crippen LogP contribution is 2.24. The number of nitrogens with zero attached hydrogens (tertiary/aromatic N) is 3. The van der Waals surface area contributed by atoms with Gasteiger partial charge in [0.2, 0.25) is 5.88 Å². The van der Waals surface area contributed by atoms with Crippen LogP contribution in [0.25, 0.3) is 10.6 Å². The van der Waals surface area contributed by atoms with Gasteiger partial charge in [-0.2, -0.15) is 0 Å². The molecule has 3 N–H and O–H groups in total. The fraction of sp³-hybridized carbons (Fsp3) is 0.188. The predicted octanol–water partition coefficient (Wildman–Crippen LogP) is 1.45. The summed E-state index contributed by atoms with van der Waals surface area (Å²) in [6, 6.07) is 5.35. The second kappa shape index (κ2) is 8.21. The molecule has 2 amide bonds. The van der Waals surface area contributed by atoms with Crippen molar-refractivity contribution in [3.05, 3.63) is 47.4 Å². The number of rotatable bonds is 7. The third-order valence-electron chi connectivity index (χ3n) is 3.37. The van der Waals surface area contributed by atoms with Crippen molar-refractivity contribution in [1.29, 1.82) is 0 Å². The first-order valence-electron chi connectivity index (χ1n) is 7.71. The molecule has 0 aliphatic heterocycles. The van der Waals surface area contributed by atoms with Crippen molar-refractivity contribution in [1.82, 2.24) is 25.8 Å². The molecular formula is C16H15N5O4S. The van der Waals surface area contributed by atoms with Gasteiger partial charge in [0.1, 0.15) is 11.9 Å². The first-order chi connectivity index (χ1) is 12.6. The number of hydrogen-bond acceptors (Lipinski definition) is 8. The SMILES string of the molecule is O=C(NCCCNC(=O)c1cncnc1O)c1cc(-c2cccs2)on1. The van der Waals surface area contributed by atoms with Crippen LogP contribution in [0.4, 0.5) is 0 Å². The van der Waals surface area contributed by atoms with E-state index in [1.54, 1.807) is 6.07 Å². The van der Waals surface area contributed by atoms with Gasteiger partial charge in [-0.25, -0.2) is 9.97 Å². The quantitative estimate of drug-likeness (QED) is 0.534. The first kappa shape index (κ1) is 17.5. The topological polar surface area (TPSA) is 130 Å². The minimum absolute atomic E-state index is 0.000221. The molecule has 0 saturated carbocycles. The molecule has 0 fully saturated rings. The maximum absolute atomic E-state index is 12.0. The number of nitrogens with one attached hydrogen (secondary N) is 2. The Morgan fingerprint density at radius 3 is 2.77 bits per heavy atom. The molecule has 0 aliphatic rings. The summed E-state index contributed by atoms with van der Waals surface area (Å²) in [6.07, 6.45) is 2.88. The Hall–Kier alpha value is -3.27. The standard InChI is InChI=1S/C16H15N5O4S/c22-14(10-8-17-9-20-15(10)23)18-4-2-5-19-16(24)11-7-12(25-21-11)13-3-1-6-26-13/h1,3,6-9H,2,4-5H2,(H,18,22)(H,19,24)(H,17,20,23). The molecule has 3 aromatic rings. The molecule has 0 aromatic carbocycles. The Morgan fingerprint density at radius 2 is 2.04 bits per heavy atom. The van der Waals surface area contributed by atoms with Gasteiger partial charge >= 0.3 is 0 Å². The van der Waals surface area contributed by atoms with Gasteiger partial charge in [-0.15, -0.1) is 11.3 Å². The van der Waals surface area contributed by atoms with E-state index in [-0.39, 0.29) is 23.0 Å². The molecule has 3 heterocycles. The Bertz CT molecular complexity index is 894. The Labute approximate surface area is 152 Å². The van der Waals surface area contributed by atoms with E-state index in [0.29, 0.717) is 25.3 Å². The van der Waals surface area contributed by atoms with Gasteiger partial charge < -0.3 is 20.3 Å². The predicted molar refractivity (Wildman–Crippen MR) is 92.8 cm³/mol. The molecule has 0 unspecified atom stereocenters. The summed E-state index contributed by atoms with van der Waals surface area (Å²) in [7, 11) is 0. The lowest BCUT2D eigenvalue weighted by Crippen LogP contribution is -2.30. The van der Waals surface area contributed by atoms with Crippen LogP contribution in [0.1, 0.15) is 27.3 Å². The van der Waals surface area contributed by atoms with Gasteiger partial charge in [0.15, 0.2) is 11.5 Å². The molecule has 0 bridgehead atoms. The number of thiophene rings is 1. The largest absolute Gasteiger partial charge is 0.493 e. The van der Waals surface area contributed by atoms with E-state index in [0.717, 1.165) is 11.2 Å². The Kier molecular flexibility index (Phi) is 5.54. The highest BCUT2D eigenvalue weighted by Gasteiger charge is 2.14. The summed E-state index contributed by atoms with van der Waals surface area (Å²) < 4.78 is 5.16. The third kappa shape index (κ3) is 4.22. The van der Waals surface area contributed by atoms with Gasteiger partial charge in [0, 0.05) is 25.4 Å². The van der Waals surface area contributed by atoms with Gasteiger partial charge in [0.05, 0.1) is 4.88 Å². The zero-order valence-corrected chi connectivity index (χ0v) is 14.3. The van der Waals surface area contributed by atoms with E-state index in [4.69, 9.17) is 4.52 Å². The van der Waals surface area contributed by atoms with Crippen molar-refractivity contribution in [2.45, 2.75) is 6.42 Å². The van der Waals surface area contributed by atoms with Crippen LogP contribution in [0.2, 0.25) is 0 Å². The Balaban J connectivity index is 1.40. The van der Waals surface area contributed by atoms with Crippen LogP contribution in [-0.2, 0) is 0 Å². The fourth-order valence-electron chi connectivity index (χ4n) is 2.08. The minimum Gasteiger partial charge on any atom is -0.493 e. The van der Waals surface area contributed by atoms with E-state index in [9.17, 15) is 14.7 Å². The van der Waals surface area contributed by atoms with Crippen LogP contribution in [0.5, 0.6) is 5.88 Å². The zero-order chi connectivity index (χ0) is 18.4.